The zero-order chi connectivity index (χ0) is 103. The van der Waals surface area contributed by atoms with Crippen LogP contribution in [0.4, 0.5) is 0 Å². The molecule has 0 aromatic heterocycles. The van der Waals surface area contributed by atoms with E-state index in [2.05, 4.69) is 190 Å². The van der Waals surface area contributed by atoms with Crippen LogP contribution in [0.25, 0.3) is 0 Å². The Morgan fingerprint density at radius 1 is 0.0781 bits per heavy atom. The summed E-state index contributed by atoms with van der Waals surface area (Å²) in [5, 5.41) is 0. The summed E-state index contributed by atoms with van der Waals surface area (Å²) in [6.45, 7) is 125. The highest BCUT2D eigenvalue weighted by Crippen LogP contribution is 2.39. The van der Waals surface area contributed by atoms with Crippen LogP contribution in [0.5, 0.6) is 0 Å². The molecule has 0 amide bonds. The summed E-state index contributed by atoms with van der Waals surface area (Å²) >= 11 is 0. The van der Waals surface area contributed by atoms with Crippen LogP contribution >= 0.6 is 0 Å². The quantitative estimate of drug-likeness (QED) is 0.0511. The molecule has 0 aliphatic rings. The average molecular weight is 2360 g/mol. The van der Waals surface area contributed by atoms with Gasteiger partial charge in [-0.05, 0) is 399 Å². The second-order valence-corrected chi connectivity index (χ2v) is 159. The normalized spacial score (nSPS) is 16.2. The largest absolute Gasteiger partial charge is 0.669 e. The van der Waals surface area contributed by atoms with Gasteiger partial charge in [0.25, 0.3) is 0 Å². The molecule has 0 saturated carbocycles. The van der Waals surface area contributed by atoms with Crippen molar-refractivity contribution in [1.29, 1.82) is 0 Å². The molecule has 0 radical (unpaired) electrons. The van der Waals surface area contributed by atoms with Crippen molar-refractivity contribution in [1.82, 2.24) is 0 Å². The van der Waals surface area contributed by atoms with Crippen LogP contribution in [-0.4, -0.2) is 287 Å². The number of rotatable bonds is 63. The maximum absolute atomic E-state index is 7.03. The smallest absolute Gasteiger partial charge is 0.437 e. The SMILES string of the molecule is CO[Si](OC)(OC)O[Si](C)(C)O[Si](C)(C)O[Si](C)(C)O[Si](C)(C)O[Si](C)(C)O[Si](C)(C)O[Si](C)(C)O[Si](C)(C)O[Si](C)(C)O[Si](C)(C)O[Si](C)(C)O[Si](C)(C)O[Si](C)(C)O[Si](C)(C)O[Si](C)(C)O[Si](C)(C)O[Si](C)(C)O[Si](C)(C)O[Si](C)(C)O[Si](C)(C)O[Si](C)(C)O[Si](C)(C)O[Si](C)(C)O[Si](C)(C)O[Si](C)(C)O[Si](C)(C)O[Si](C)(C)O[Si](C)(C)O[Si](C)(C)O[Si](C)(C)C. The van der Waals surface area contributed by atoms with Gasteiger partial charge >= 0.3 is 257 Å². The molecule has 0 saturated heterocycles. The lowest BCUT2D eigenvalue weighted by Crippen LogP contribution is -2.63. The Morgan fingerprint density at radius 2 is 0.133 bits per heavy atom. The van der Waals surface area contributed by atoms with Crippen molar-refractivity contribution >= 4 is 266 Å². The van der Waals surface area contributed by atoms with Crippen LogP contribution in [0.1, 0.15) is 0 Å². The summed E-state index contributed by atoms with van der Waals surface area (Å²) in [7, 11) is -84.1. The van der Waals surface area contributed by atoms with Crippen molar-refractivity contribution in [2.24, 2.45) is 0 Å². The Morgan fingerprint density at radius 3 is 0.188 bits per heavy atom. The first-order chi connectivity index (χ1) is 54.9. The monoisotopic (exact) mass is 2360 g/mol. The van der Waals surface area contributed by atoms with Gasteiger partial charge in [0.15, 0.2) is 8.32 Å². The van der Waals surface area contributed by atoms with Gasteiger partial charge in [-0.2, -0.15) is 0 Å². The summed E-state index contributed by atoms with van der Waals surface area (Å²) in [4.78, 5) is 0. The van der Waals surface area contributed by atoms with Gasteiger partial charge in [-0.1, -0.05) is 0 Å². The lowest BCUT2D eigenvalue weighted by molar-refractivity contribution is 0.0403. The third-order valence-electron chi connectivity index (χ3n) is 15.4. The van der Waals surface area contributed by atoms with E-state index < -0.39 is 266 Å². The second kappa shape index (κ2) is 45.4. The molecule has 0 rings (SSSR count). The van der Waals surface area contributed by atoms with Crippen LogP contribution in [0.2, 0.25) is 399 Å². The minimum absolute atomic E-state index is 1.50. The highest BCUT2D eigenvalue weighted by Gasteiger charge is 2.59. The van der Waals surface area contributed by atoms with E-state index in [0.29, 0.717) is 0 Å². The zero-order valence-corrected chi connectivity index (χ0v) is 124. The third kappa shape index (κ3) is 59.1. The lowest BCUT2D eigenvalue weighted by atomic mass is 11.8. The Labute approximate surface area is 815 Å². The van der Waals surface area contributed by atoms with E-state index in [1.54, 1.807) is 0 Å². The van der Waals surface area contributed by atoms with E-state index in [9.17, 15) is 0 Å². The first-order valence-electron chi connectivity index (χ1n) is 44.6. The first kappa shape index (κ1) is 133. The van der Waals surface area contributed by atoms with Gasteiger partial charge in [0.1, 0.15) is 0 Å². The van der Waals surface area contributed by atoms with Crippen molar-refractivity contribution in [2.75, 3.05) is 21.3 Å². The third-order valence-corrected chi connectivity index (χ3v) is 134. The molecule has 0 aliphatic carbocycles. The fraction of sp³-hybridized carbons (Fsp3) is 1.00. The molecular formula is C64H192O33Si31. The van der Waals surface area contributed by atoms with Crippen LogP contribution in [0, 0.1) is 0 Å². The minimum Gasteiger partial charge on any atom is -0.437 e. The topological polar surface area (TPSA) is 305 Å². The molecule has 0 unspecified atom stereocenters. The van der Waals surface area contributed by atoms with Gasteiger partial charge in [0.2, 0.25) is 0 Å². The fourth-order valence-corrected chi connectivity index (χ4v) is 177. The van der Waals surface area contributed by atoms with Crippen LogP contribution < -0.4 is 0 Å². The minimum atomic E-state index is -3.38. The molecular weight excluding hydrogens is 2170 g/mol. The van der Waals surface area contributed by atoms with Crippen LogP contribution in [0.3, 0.4) is 0 Å². The van der Waals surface area contributed by atoms with Gasteiger partial charge in [0.05, 0.1) is 0 Å². The molecule has 0 N–H and O–H groups in total. The fourth-order valence-electron chi connectivity index (χ4n) is 18.6. The van der Waals surface area contributed by atoms with Crippen molar-refractivity contribution in [3.63, 3.8) is 0 Å². The van der Waals surface area contributed by atoms with Gasteiger partial charge in [-0.15, -0.1) is 0 Å². The highest BCUT2D eigenvalue weighted by atomic mass is 28.6. The standard InChI is InChI=1S/C64H192O33Si31/c1-65-128(66-2,67-3)97-127(63,64)96-126(61,62)95-125(59,60)94-124(57,58)93-123(55,56)92-122(53,54)91-121(51,52)90-120(49,50)89-119(47,48)88-118(45,46)87-117(43,44)86-116(41,42)85-115(39,40)84-114(37,38)83-113(35,36)82-112(33,34)81-111(31,32)80-110(29,30)79-109(27,28)78-108(25,26)77-107(23,24)76-106(21,22)75-105(19,20)74-104(17,18)73-103(15,16)72-102(13,14)71-101(11,12)70-100(9,10)69-99(7,8)68-98(4,5)6/h1-64H3. The van der Waals surface area contributed by atoms with Crippen molar-refractivity contribution in [3.05, 3.63) is 0 Å². The molecule has 0 fully saturated rings. The second-order valence-electron chi connectivity index (χ2n) is 46.9. The molecule has 33 nitrogen and oxygen atoms in total. The Hall–Kier alpha value is 5.40. The molecule has 0 aromatic carbocycles. The van der Waals surface area contributed by atoms with Gasteiger partial charge < -0.3 is 137 Å². The van der Waals surface area contributed by atoms with Gasteiger partial charge in [-0.25, -0.2) is 0 Å². The number of hydrogen-bond acceptors (Lipinski definition) is 33. The predicted octanol–water partition coefficient (Wildman–Crippen LogP) is 22.0. The maximum atomic E-state index is 7.03. The molecule has 0 aromatic rings. The Balaban J connectivity index is 5.98. The van der Waals surface area contributed by atoms with E-state index >= 15 is 0 Å². The summed E-state index contributed by atoms with van der Waals surface area (Å²) < 4.78 is 224. The summed E-state index contributed by atoms with van der Waals surface area (Å²) in [5.74, 6) is 0. The summed E-state index contributed by atoms with van der Waals surface area (Å²) in [6, 6.07) is 0. The van der Waals surface area contributed by atoms with E-state index in [4.69, 9.17) is 137 Å². The average Bonchev–Trinajstić information content (AvgIpc) is 0.707. The van der Waals surface area contributed by atoms with Crippen molar-refractivity contribution in [3.8, 4) is 0 Å². The van der Waals surface area contributed by atoms with Gasteiger partial charge in [0, 0.05) is 21.3 Å². The molecule has 770 valence electrons. The highest BCUT2D eigenvalue weighted by molar-refractivity contribution is 6.99. The molecule has 128 heavy (non-hydrogen) atoms. The van der Waals surface area contributed by atoms with E-state index in [0.717, 1.165) is 0 Å². The molecule has 0 spiro atoms. The Bertz CT molecular complexity index is 3320. The molecule has 64 heteroatoms. The Kier molecular flexibility index (Phi) is 47.3. The van der Waals surface area contributed by atoms with E-state index in [-0.39, 0.29) is 0 Å². The first-order valence-corrected chi connectivity index (χ1v) is 131. The van der Waals surface area contributed by atoms with Crippen molar-refractivity contribution < 1.29 is 137 Å². The molecule has 0 aliphatic heterocycles. The van der Waals surface area contributed by atoms with Crippen molar-refractivity contribution in [2.45, 2.75) is 399 Å². The molecule has 0 bridgehead atoms. The maximum Gasteiger partial charge on any atom is 0.669 e. The summed E-state index contributed by atoms with van der Waals surface area (Å²) in [5.41, 5.74) is 0. The van der Waals surface area contributed by atoms with Crippen LogP contribution in [-0.2, 0) is 137 Å². The van der Waals surface area contributed by atoms with E-state index in [1.165, 1.54) is 21.3 Å². The van der Waals surface area contributed by atoms with E-state index in [1.807, 2.05) is 210 Å². The molecule has 0 heterocycles. The summed E-state index contributed by atoms with van der Waals surface area (Å²) in [6.07, 6.45) is 0. The lowest BCUT2D eigenvalue weighted by Gasteiger charge is -2.45. The van der Waals surface area contributed by atoms with Crippen LogP contribution in [0.15, 0.2) is 0 Å². The number of hydrogen-bond donors (Lipinski definition) is 0. The predicted molar refractivity (Wildman–Crippen MR) is 590 cm³/mol. The molecule has 0 atom stereocenters. The zero-order valence-electron chi connectivity index (χ0n) is 93.0. The van der Waals surface area contributed by atoms with Gasteiger partial charge in [-0.3, -0.25) is 0 Å².